The van der Waals surface area contributed by atoms with Crippen molar-refractivity contribution < 1.29 is 13.6 Å². The minimum Gasteiger partial charge on any atom is -0.359 e. The first-order valence-corrected chi connectivity index (χ1v) is 12.1. The number of halogens is 2. The Labute approximate surface area is 198 Å². The van der Waals surface area contributed by atoms with E-state index in [1.165, 1.54) is 58.9 Å². The number of fused-ring (bicyclic) bond motifs is 3. The molecular formula is C24H22F2N6OS. The molecule has 7 rings (SSSR count). The summed E-state index contributed by atoms with van der Waals surface area (Å²) in [6.07, 6.45) is 4.95. The fourth-order valence-corrected chi connectivity index (χ4v) is 6.12. The predicted octanol–water partition coefficient (Wildman–Crippen LogP) is 4.51. The molecule has 4 aromatic rings. The van der Waals surface area contributed by atoms with E-state index in [1.54, 1.807) is 6.07 Å². The van der Waals surface area contributed by atoms with Crippen molar-refractivity contribution in [1.82, 2.24) is 24.9 Å². The van der Waals surface area contributed by atoms with Crippen molar-refractivity contribution in [3.05, 3.63) is 66.0 Å². The minimum atomic E-state index is -0.479. The van der Waals surface area contributed by atoms with Crippen LogP contribution in [0.5, 0.6) is 0 Å². The van der Waals surface area contributed by atoms with Crippen LogP contribution in [0.1, 0.15) is 30.1 Å². The summed E-state index contributed by atoms with van der Waals surface area (Å²) in [6, 6.07) is 8.67. The third-order valence-electron chi connectivity index (χ3n) is 7.12. The molecular weight excluding hydrogens is 458 g/mol. The quantitative estimate of drug-likeness (QED) is 0.455. The van der Waals surface area contributed by atoms with Gasteiger partial charge in [0.05, 0.1) is 39.9 Å². The molecule has 3 aliphatic rings. The zero-order chi connectivity index (χ0) is 23.4. The number of benzene rings is 2. The average molecular weight is 481 g/mol. The number of aromatic nitrogens is 4. The lowest BCUT2D eigenvalue weighted by atomic mass is 9.64. The fraction of sp³-hybridized carbons (Fsp3) is 0.333. The summed E-state index contributed by atoms with van der Waals surface area (Å²) in [6.45, 7) is 2.68. The number of carbonyl (C=O) groups excluding carboxylic acids is 1. The summed E-state index contributed by atoms with van der Waals surface area (Å²) in [5, 5.41) is 12.3. The maximum atomic E-state index is 14.2. The molecule has 2 saturated heterocycles. The second-order valence-corrected chi connectivity index (χ2v) is 10.0. The van der Waals surface area contributed by atoms with Crippen LogP contribution in [0.4, 0.5) is 13.9 Å². The van der Waals surface area contributed by atoms with Gasteiger partial charge in [-0.3, -0.25) is 4.79 Å². The van der Waals surface area contributed by atoms with Crippen molar-refractivity contribution >= 4 is 32.6 Å². The van der Waals surface area contributed by atoms with Crippen molar-refractivity contribution in [3.8, 4) is 5.69 Å². The van der Waals surface area contributed by atoms with Gasteiger partial charge in [-0.05, 0) is 61.1 Å². The second-order valence-electron chi connectivity index (χ2n) is 9.02. The number of hydrogen-bond donors (Lipinski definition) is 1. The molecule has 1 saturated carbocycles. The van der Waals surface area contributed by atoms with Crippen molar-refractivity contribution in [1.29, 1.82) is 0 Å². The smallest absolute Gasteiger partial charge is 0.256 e. The van der Waals surface area contributed by atoms with Gasteiger partial charge in [-0.25, -0.2) is 13.8 Å². The largest absolute Gasteiger partial charge is 0.359 e. The summed E-state index contributed by atoms with van der Waals surface area (Å²) in [5.74, 6) is -0.164. The van der Waals surface area contributed by atoms with Crippen molar-refractivity contribution in [2.75, 3.05) is 11.9 Å². The Kier molecular flexibility index (Phi) is 5.05. The molecule has 2 aromatic heterocycles. The molecule has 174 valence electrons. The Morgan fingerprint density at radius 3 is 2.65 bits per heavy atom. The highest BCUT2D eigenvalue weighted by atomic mass is 32.1. The molecule has 0 unspecified atom stereocenters. The predicted molar refractivity (Wildman–Crippen MR) is 125 cm³/mol. The van der Waals surface area contributed by atoms with E-state index in [2.05, 4.69) is 27.4 Å². The molecule has 4 heterocycles. The van der Waals surface area contributed by atoms with Crippen molar-refractivity contribution in [2.45, 2.75) is 31.8 Å². The SMILES string of the molecule is C[C@H]1C2CC(C2)N(C(=O)c2cc(F)ccc2-n2nccn2)[C@H]1CNc1nc2ccc(F)cc2s1. The van der Waals surface area contributed by atoms with Crippen LogP contribution in [0.2, 0.25) is 0 Å². The number of amides is 1. The summed E-state index contributed by atoms with van der Waals surface area (Å²) >= 11 is 1.39. The van der Waals surface area contributed by atoms with Gasteiger partial charge in [-0.1, -0.05) is 18.3 Å². The molecule has 10 heteroatoms. The van der Waals surface area contributed by atoms with Crippen molar-refractivity contribution in [3.63, 3.8) is 0 Å². The molecule has 1 aliphatic carbocycles. The van der Waals surface area contributed by atoms with E-state index in [9.17, 15) is 13.6 Å². The summed E-state index contributed by atoms with van der Waals surface area (Å²) < 4.78 is 28.6. The van der Waals surface area contributed by atoms with Gasteiger partial charge < -0.3 is 10.2 Å². The zero-order valence-corrected chi connectivity index (χ0v) is 19.2. The van der Waals surface area contributed by atoms with Crippen LogP contribution >= 0.6 is 11.3 Å². The summed E-state index contributed by atoms with van der Waals surface area (Å²) in [7, 11) is 0. The van der Waals surface area contributed by atoms with Gasteiger partial charge in [0.2, 0.25) is 0 Å². The maximum Gasteiger partial charge on any atom is 0.256 e. The van der Waals surface area contributed by atoms with E-state index in [4.69, 9.17) is 0 Å². The molecule has 1 amide bonds. The first kappa shape index (κ1) is 21.2. The summed E-state index contributed by atoms with van der Waals surface area (Å²) in [5.41, 5.74) is 1.43. The summed E-state index contributed by atoms with van der Waals surface area (Å²) in [4.78, 5) is 21.7. The van der Waals surface area contributed by atoms with Crippen LogP contribution in [-0.2, 0) is 0 Å². The van der Waals surface area contributed by atoms with Gasteiger partial charge in [0, 0.05) is 12.6 Å². The third-order valence-corrected chi connectivity index (χ3v) is 8.10. The third kappa shape index (κ3) is 3.53. The van der Waals surface area contributed by atoms with E-state index in [0.29, 0.717) is 23.3 Å². The lowest BCUT2D eigenvalue weighted by molar-refractivity contribution is -0.0502. The van der Waals surface area contributed by atoms with E-state index >= 15 is 0 Å². The Hall–Kier alpha value is -3.40. The van der Waals surface area contributed by atoms with Gasteiger partial charge in [0.25, 0.3) is 5.91 Å². The zero-order valence-electron chi connectivity index (χ0n) is 18.4. The Balaban J connectivity index is 1.30. The van der Waals surface area contributed by atoms with Gasteiger partial charge in [0.1, 0.15) is 11.6 Å². The molecule has 2 aromatic carbocycles. The highest BCUT2D eigenvalue weighted by Gasteiger charge is 2.50. The van der Waals surface area contributed by atoms with Gasteiger partial charge >= 0.3 is 0 Å². The van der Waals surface area contributed by atoms with Crippen LogP contribution < -0.4 is 5.32 Å². The Morgan fingerprint density at radius 1 is 1.12 bits per heavy atom. The van der Waals surface area contributed by atoms with E-state index in [1.807, 2.05) is 4.90 Å². The van der Waals surface area contributed by atoms with Gasteiger partial charge in [-0.15, -0.1) is 0 Å². The molecule has 0 radical (unpaired) electrons. The Morgan fingerprint density at radius 2 is 1.85 bits per heavy atom. The van der Waals surface area contributed by atoms with Crippen LogP contribution in [0.25, 0.3) is 15.9 Å². The molecule has 7 nitrogen and oxygen atoms in total. The highest BCUT2D eigenvalue weighted by molar-refractivity contribution is 7.22. The maximum absolute atomic E-state index is 14.2. The molecule has 3 fully saturated rings. The van der Waals surface area contributed by atoms with Crippen molar-refractivity contribution in [2.24, 2.45) is 11.8 Å². The monoisotopic (exact) mass is 480 g/mol. The molecule has 2 atom stereocenters. The lowest BCUT2D eigenvalue weighted by Crippen LogP contribution is -2.64. The second kappa shape index (κ2) is 8.12. The number of nitrogens with zero attached hydrogens (tertiary/aromatic N) is 5. The van der Waals surface area contributed by atoms with Crippen LogP contribution in [0.3, 0.4) is 0 Å². The van der Waals surface area contributed by atoms with Crippen LogP contribution in [0, 0.1) is 23.5 Å². The molecule has 34 heavy (non-hydrogen) atoms. The minimum absolute atomic E-state index is 0.0875. The number of anilines is 1. The van der Waals surface area contributed by atoms with Gasteiger partial charge in [0.15, 0.2) is 5.13 Å². The molecule has 2 aliphatic heterocycles. The van der Waals surface area contributed by atoms with E-state index < -0.39 is 5.82 Å². The first-order valence-electron chi connectivity index (χ1n) is 11.3. The van der Waals surface area contributed by atoms with E-state index in [-0.39, 0.29) is 35.3 Å². The topological polar surface area (TPSA) is 75.9 Å². The molecule has 2 bridgehead atoms. The molecule has 1 N–H and O–H groups in total. The number of rotatable bonds is 5. The van der Waals surface area contributed by atoms with E-state index in [0.717, 1.165) is 23.1 Å². The number of piperidine rings is 2. The standard InChI is InChI=1S/C24H22F2N6OS/c1-13-14-8-17(9-14)31(21(13)12-27-24-30-19-4-2-16(26)11-22(19)34-24)23(33)18-10-15(25)3-5-20(18)32-28-6-7-29-32/h2-7,10-11,13-14,17,21H,8-9,12H2,1H3,(H,27,30)/t13-,14?,17?,21-/m0/s1. The number of thiazole rings is 1. The normalized spacial score (nSPS) is 23.7. The highest BCUT2D eigenvalue weighted by Crippen LogP contribution is 2.47. The van der Waals surface area contributed by atoms with Crippen LogP contribution in [-0.4, -0.2) is 49.4 Å². The van der Waals surface area contributed by atoms with Gasteiger partial charge in [-0.2, -0.15) is 15.0 Å². The van der Waals surface area contributed by atoms with Crippen LogP contribution in [0.15, 0.2) is 48.8 Å². The number of nitrogens with one attached hydrogen (secondary N) is 1. The number of carbonyl (C=O) groups is 1. The first-order chi connectivity index (χ1) is 16.5. The lowest BCUT2D eigenvalue weighted by Gasteiger charge is -2.57. The molecule has 0 spiro atoms. The average Bonchev–Trinajstić information content (AvgIpc) is 3.46. The Bertz CT molecular complexity index is 1370. The number of hydrogen-bond acceptors (Lipinski definition) is 6. The fourth-order valence-electron chi connectivity index (χ4n) is 5.22.